The van der Waals surface area contributed by atoms with Crippen molar-refractivity contribution < 1.29 is 4.79 Å². The van der Waals surface area contributed by atoms with E-state index in [2.05, 4.69) is 155 Å². The van der Waals surface area contributed by atoms with Crippen LogP contribution in [-0.4, -0.2) is 11.9 Å². The summed E-state index contributed by atoms with van der Waals surface area (Å²) in [4.78, 5) is 12.3. The van der Waals surface area contributed by atoms with Crippen LogP contribution in [0.3, 0.4) is 0 Å². The van der Waals surface area contributed by atoms with Gasteiger partial charge in [0, 0.05) is 6.42 Å². The SMILES string of the molecule is CC(C=CC1=C(C)C(=O)CCC1(C)C)=CC=CC(C)=CC[PH](c1ccccc1)(c1ccccc1)c1ccccc1. The molecule has 0 N–H and O–H groups in total. The fourth-order valence-corrected chi connectivity index (χ4v) is 10.4. The van der Waals surface area contributed by atoms with E-state index in [9.17, 15) is 4.79 Å². The van der Waals surface area contributed by atoms with Crippen molar-refractivity contribution in [2.75, 3.05) is 6.16 Å². The summed E-state index contributed by atoms with van der Waals surface area (Å²) < 4.78 is 0. The number of carbonyl (C=O) groups excluding carboxylic acids is 1. The Labute approximate surface area is 242 Å². The molecule has 2 heteroatoms. The Balaban J connectivity index is 1.61. The van der Waals surface area contributed by atoms with E-state index in [0.29, 0.717) is 6.42 Å². The number of benzene rings is 3. The molecule has 0 aromatic heterocycles. The minimum atomic E-state index is -2.28. The van der Waals surface area contributed by atoms with Crippen molar-refractivity contribution in [1.82, 2.24) is 0 Å². The first-order valence-electron chi connectivity index (χ1n) is 14.3. The van der Waals surface area contributed by atoms with E-state index in [-0.39, 0.29) is 11.2 Å². The van der Waals surface area contributed by atoms with Crippen LogP contribution >= 0.6 is 7.26 Å². The van der Waals surface area contributed by atoms with Crippen molar-refractivity contribution >= 4 is 29.0 Å². The maximum absolute atomic E-state index is 12.3. The van der Waals surface area contributed by atoms with Gasteiger partial charge in [0.2, 0.25) is 0 Å². The van der Waals surface area contributed by atoms with E-state index in [1.807, 2.05) is 6.92 Å². The first-order chi connectivity index (χ1) is 19.2. The average molecular weight is 547 g/mol. The van der Waals surface area contributed by atoms with Crippen LogP contribution in [0, 0.1) is 5.41 Å². The van der Waals surface area contributed by atoms with Crippen molar-refractivity contribution in [3.63, 3.8) is 0 Å². The first-order valence-corrected chi connectivity index (χ1v) is 16.6. The van der Waals surface area contributed by atoms with Crippen molar-refractivity contribution in [2.45, 2.75) is 47.5 Å². The van der Waals surface area contributed by atoms with Crippen LogP contribution in [0.4, 0.5) is 0 Å². The molecule has 0 spiro atoms. The summed E-state index contributed by atoms with van der Waals surface area (Å²) in [5.74, 6) is 0.280. The number of ketones is 1. The zero-order chi connectivity index (χ0) is 28.6. The van der Waals surface area contributed by atoms with Gasteiger partial charge in [-0.2, -0.15) is 0 Å². The van der Waals surface area contributed by atoms with Crippen LogP contribution in [0.5, 0.6) is 0 Å². The zero-order valence-corrected chi connectivity index (χ0v) is 25.7. The molecule has 0 atom stereocenters. The number of rotatable bonds is 9. The fraction of sp³-hybridized carbons (Fsp3) is 0.237. The van der Waals surface area contributed by atoms with Crippen molar-refractivity contribution in [3.05, 3.63) is 150 Å². The van der Waals surface area contributed by atoms with Gasteiger partial charge in [-0.3, -0.25) is 4.79 Å². The van der Waals surface area contributed by atoms with Gasteiger partial charge in [0.25, 0.3) is 0 Å². The van der Waals surface area contributed by atoms with Crippen molar-refractivity contribution in [1.29, 1.82) is 0 Å². The molecule has 3 aromatic rings. The number of Topliss-reactive ketones (excluding diaryl/α,β-unsaturated/α-hetero) is 1. The summed E-state index contributed by atoms with van der Waals surface area (Å²) in [7, 11) is -2.28. The molecule has 0 aliphatic heterocycles. The van der Waals surface area contributed by atoms with Gasteiger partial charge < -0.3 is 0 Å². The fourth-order valence-electron chi connectivity index (χ4n) is 5.78. The molecule has 206 valence electrons. The van der Waals surface area contributed by atoms with Gasteiger partial charge in [0.05, 0.1) is 0 Å². The molecule has 1 aliphatic carbocycles. The molecular formula is C38H43OP. The van der Waals surface area contributed by atoms with Crippen molar-refractivity contribution in [3.8, 4) is 0 Å². The normalized spacial score (nSPS) is 17.2. The molecule has 0 heterocycles. The van der Waals surface area contributed by atoms with E-state index in [1.165, 1.54) is 32.6 Å². The molecule has 4 rings (SSSR count). The Kier molecular flexibility index (Phi) is 9.72. The summed E-state index contributed by atoms with van der Waals surface area (Å²) in [5, 5.41) is 4.28. The van der Waals surface area contributed by atoms with E-state index >= 15 is 0 Å². The standard InChI is InChI=1S/C38H43OP/c1-30(24-25-36-32(3)37(39)26-28-38(36,4)5)16-15-17-31(2)27-29-40(33-18-9-6-10-19-33,34-20-11-7-12-21-34)35-22-13-8-14-23-35/h6-25,27,40H,26,28-29H2,1-5H3. The Bertz CT molecular complexity index is 1350. The van der Waals surface area contributed by atoms with Gasteiger partial charge in [0.15, 0.2) is 0 Å². The van der Waals surface area contributed by atoms with Crippen LogP contribution in [0.15, 0.2) is 150 Å². The molecular weight excluding hydrogens is 503 g/mol. The third-order valence-electron chi connectivity index (χ3n) is 8.29. The van der Waals surface area contributed by atoms with Crippen LogP contribution in [0.1, 0.15) is 47.5 Å². The zero-order valence-electron chi connectivity index (χ0n) is 24.7. The number of carbonyl (C=O) groups is 1. The Morgan fingerprint density at radius 2 is 1.27 bits per heavy atom. The summed E-state index contributed by atoms with van der Waals surface area (Å²) in [6.07, 6.45) is 15.8. The topological polar surface area (TPSA) is 17.1 Å². The molecule has 1 aliphatic rings. The number of allylic oxidation sites excluding steroid dienone is 10. The third kappa shape index (κ3) is 6.78. The average Bonchev–Trinajstić information content (AvgIpc) is 2.97. The molecule has 0 saturated carbocycles. The number of hydrogen-bond acceptors (Lipinski definition) is 1. The van der Waals surface area contributed by atoms with Gasteiger partial charge in [-0.05, 0) is 0 Å². The van der Waals surface area contributed by atoms with E-state index in [4.69, 9.17) is 0 Å². The first kappa shape index (κ1) is 29.4. The summed E-state index contributed by atoms with van der Waals surface area (Å²) in [6.45, 7) is 10.8. The summed E-state index contributed by atoms with van der Waals surface area (Å²) in [6, 6.07) is 33.2. The molecule has 0 unspecified atom stereocenters. The summed E-state index contributed by atoms with van der Waals surface area (Å²) in [5.41, 5.74) is 4.54. The van der Waals surface area contributed by atoms with Gasteiger partial charge in [0.1, 0.15) is 0 Å². The van der Waals surface area contributed by atoms with Gasteiger partial charge >= 0.3 is 231 Å². The Morgan fingerprint density at radius 1 is 0.775 bits per heavy atom. The van der Waals surface area contributed by atoms with Crippen LogP contribution < -0.4 is 15.9 Å². The van der Waals surface area contributed by atoms with E-state index < -0.39 is 7.26 Å². The second-order valence-corrected chi connectivity index (χ2v) is 15.6. The maximum atomic E-state index is 12.3. The summed E-state index contributed by atoms with van der Waals surface area (Å²) >= 11 is 0. The monoisotopic (exact) mass is 546 g/mol. The van der Waals surface area contributed by atoms with E-state index in [1.54, 1.807) is 0 Å². The van der Waals surface area contributed by atoms with Gasteiger partial charge in [-0.25, -0.2) is 0 Å². The molecule has 0 radical (unpaired) electrons. The second kappa shape index (κ2) is 13.2. The predicted molar refractivity (Wildman–Crippen MR) is 178 cm³/mol. The third-order valence-corrected chi connectivity index (χ3v) is 13.1. The molecule has 0 amide bonds. The van der Waals surface area contributed by atoms with Crippen LogP contribution in [0.2, 0.25) is 0 Å². The Hall–Kier alpha value is -3.54. The second-order valence-electron chi connectivity index (χ2n) is 11.6. The quantitative estimate of drug-likeness (QED) is 0.194. The predicted octanol–water partition coefficient (Wildman–Crippen LogP) is 8.42. The Morgan fingerprint density at radius 3 is 1.77 bits per heavy atom. The van der Waals surface area contributed by atoms with E-state index in [0.717, 1.165) is 18.2 Å². The molecule has 40 heavy (non-hydrogen) atoms. The molecule has 1 nitrogen and oxygen atoms in total. The molecule has 0 bridgehead atoms. The van der Waals surface area contributed by atoms with Crippen LogP contribution in [-0.2, 0) is 4.79 Å². The van der Waals surface area contributed by atoms with Crippen molar-refractivity contribution in [2.24, 2.45) is 5.41 Å². The molecule has 3 aromatic carbocycles. The number of hydrogen-bond donors (Lipinski definition) is 0. The van der Waals surface area contributed by atoms with Gasteiger partial charge in [-0.15, -0.1) is 0 Å². The van der Waals surface area contributed by atoms with Gasteiger partial charge in [-0.1, -0.05) is 0 Å². The minimum absolute atomic E-state index is 0.0383. The molecule has 0 saturated heterocycles. The molecule has 0 fully saturated rings. The van der Waals surface area contributed by atoms with Crippen LogP contribution in [0.25, 0.3) is 0 Å².